The molecule has 8 heavy (non-hydrogen) atoms. The Morgan fingerprint density at radius 3 is 2.38 bits per heavy atom. The van der Waals surface area contributed by atoms with E-state index >= 15 is 0 Å². The third-order valence-corrected chi connectivity index (χ3v) is 1.01. The molecule has 0 aliphatic carbocycles. The summed E-state index contributed by atoms with van der Waals surface area (Å²) in [6, 6.07) is 0. The van der Waals surface area contributed by atoms with Crippen molar-refractivity contribution in [2.24, 2.45) is 0 Å². The molecule has 0 aromatic rings. The van der Waals surface area contributed by atoms with Crippen LogP contribution >= 0.6 is 0 Å². The van der Waals surface area contributed by atoms with Gasteiger partial charge in [-0.1, -0.05) is 25.8 Å². The largest absolute Gasteiger partial charge is 0.103 e. The quantitative estimate of drug-likeness (QED) is 0.304. The summed E-state index contributed by atoms with van der Waals surface area (Å²) in [6.45, 7) is 5.84. The average Bonchev–Trinajstić information content (AvgIpc) is 1.69. The van der Waals surface area contributed by atoms with Crippen molar-refractivity contribution >= 4 is 29.6 Å². The molecule has 0 fully saturated rings. The second-order valence-electron chi connectivity index (χ2n) is 1.78. The molecule has 0 bridgehead atoms. The number of hydrogen-bond acceptors (Lipinski definition) is 0. The number of allylic oxidation sites excluding steroid dienone is 1. The minimum absolute atomic E-state index is 0. The zero-order valence-corrected chi connectivity index (χ0v) is 8.11. The zero-order valence-electron chi connectivity index (χ0n) is 6.11. The van der Waals surface area contributed by atoms with Gasteiger partial charge in [-0.2, -0.15) is 0 Å². The van der Waals surface area contributed by atoms with Crippen molar-refractivity contribution in [3.8, 4) is 0 Å². The van der Waals surface area contributed by atoms with E-state index in [0.29, 0.717) is 0 Å². The van der Waals surface area contributed by atoms with Crippen molar-refractivity contribution in [2.75, 3.05) is 0 Å². The van der Waals surface area contributed by atoms with Gasteiger partial charge in [0.05, 0.1) is 0 Å². The van der Waals surface area contributed by atoms with Crippen molar-refractivity contribution in [2.45, 2.75) is 32.6 Å². The van der Waals surface area contributed by atoms with Crippen molar-refractivity contribution in [1.29, 1.82) is 0 Å². The first-order chi connectivity index (χ1) is 3.41. The van der Waals surface area contributed by atoms with Gasteiger partial charge in [0.2, 0.25) is 0 Å². The SMILES string of the molecule is C=CCCCCC.[Na]. The van der Waals surface area contributed by atoms with Gasteiger partial charge < -0.3 is 0 Å². The Bertz CT molecular complexity index is 41.7. The molecule has 1 radical (unpaired) electrons. The fourth-order valence-electron chi connectivity index (χ4n) is 0.539. The number of unbranched alkanes of at least 4 members (excludes halogenated alkanes) is 3. The van der Waals surface area contributed by atoms with Crippen LogP contribution in [0.25, 0.3) is 0 Å². The molecule has 0 N–H and O–H groups in total. The molecule has 0 unspecified atom stereocenters. The van der Waals surface area contributed by atoms with E-state index in [2.05, 4.69) is 13.5 Å². The molecule has 43 valence electrons. The Kier molecular flexibility index (Phi) is 15.4. The van der Waals surface area contributed by atoms with Crippen LogP contribution in [0, 0.1) is 0 Å². The van der Waals surface area contributed by atoms with Gasteiger partial charge >= 0.3 is 0 Å². The molecule has 0 atom stereocenters. The third kappa shape index (κ3) is 9.88. The second-order valence-corrected chi connectivity index (χ2v) is 1.78. The Balaban J connectivity index is 0. The van der Waals surface area contributed by atoms with Crippen LogP contribution in [0.1, 0.15) is 32.6 Å². The molecule has 0 rings (SSSR count). The average molecular weight is 121 g/mol. The molecule has 0 amide bonds. The molecule has 0 aromatic heterocycles. The van der Waals surface area contributed by atoms with Crippen LogP contribution in [0.15, 0.2) is 12.7 Å². The summed E-state index contributed by atoms with van der Waals surface area (Å²) in [5.74, 6) is 0. The molecule has 0 aliphatic rings. The van der Waals surface area contributed by atoms with Crippen molar-refractivity contribution < 1.29 is 0 Å². The van der Waals surface area contributed by atoms with Crippen molar-refractivity contribution in [3.05, 3.63) is 12.7 Å². The molecule has 0 saturated heterocycles. The van der Waals surface area contributed by atoms with E-state index in [9.17, 15) is 0 Å². The fourth-order valence-corrected chi connectivity index (χ4v) is 0.539. The maximum absolute atomic E-state index is 3.63. The minimum Gasteiger partial charge on any atom is -0.103 e. The molecule has 0 aromatic carbocycles. The summed E-state index contributed by atoms with van der Waals surface area (Å²) in [5, 5.41) is 0. The molecule has 0 heterocycles. The van der Waals surface area contributed by atoms with Crippen LogP contribution < -0.4 is 0 Å². The van der Waals surface area contributed by atoms with Crippen molar-refractivity contribution in [1.82, 2.24) is 0 Å². The van der Waals surface area contributed by atoms with Crippen LogP contribution in [0.2, 0.25) is 0 Å². The van der Waals surface area contributed by atoms with Gasteiger partial charge in [-0.15, -0.1) is 6.58 Å². The van der Waals surface area contributed by atoms with E-state index in [4.69, 9.17) is 0 Å². The van der Waals surface area contributed by atoms with Gasteiger partial charge in [-0.25, -0.2) is 0 Å². The van der Waals surface area contributed by atoms with E-state index in [1.165, 1.54) is 25.7 Å². The standard InChI is InChI=1S/C7H14.Na/c1-3-5-7-6-4-2;/h3H,1,4-7H2,2H3;. The first-order valence-corrected chi connectivity index (χ1v) is 3.02. The Morgan fingerprint density at radius 2 is 2.00 bits per heavy atom. The van der Waals surface area contributed by atoms with E-state index in [1.54, 1.807) is 0 Å². The zero-order chi connectivity index (χ0) is 5.54. The summed E-state index contributed by atoms with van der Waals surface area (Å²) in [6.07, 6.45) is 7.16. The first-order valence-electron chi connectivity index (χ1n) is 3.02. The Morgan fingerprint density at radius 1 is 1.38 bits per heavy atom. The Labute approximate surface area is 74.7 Å². The molecular formula is C7H14Na. The smallest absolute Gasteiger partial charge is 0 e. The first kappa shape index (κ1) is 11.5. The van der Waals surface area contributed by atoms with E-state index < -0.39 is 0 Å². The molecule has 0 spiro atoms. The van der Waals surface area contributed by atoms with E-state index in [-0.39, 0.29) is 29.6 Å². The third-order valence-electron chi connectivity index (χ3n) is 1.01. The predicted octanol–water partition coefficient (Wildman–Crippen LogP) is 2.37. The van der Waals surface area contributed by atoms with E-state index in [0.717, 1.165) is 0 Å². The van der Waals surface area contributed by atoms with Crippen LogP contribution in [-0.2, 0) is 0 Å². The molecule has 0 nitrogen and oxygen atoms in total. The summed E-state index contributed by atoms with van der Waals surface area (Å²) in [4.78, 5) is 0. The van der Waals surface area contributed by atoms with Gasteiger partial charge in [-0.05, 0) is 12.8 Å². The van der Waals surface area contributed by atoms with E-state index in [1.807, 2.05) is 6.08 Å². The normalized spacial score (nSPS) is 7.62. The molecule has 0 saturated carbocycles. The fraction of sp³-hybridized carbons (Fsp3) is 0.714. The van der Waals surface area contributed by atoms with Gasteiger partial charge in [0.25, 0.3) is 0 Å². The van der Waals surface area contributed by atoms with Gasteiger partial charge in [0.15, 0.2) is 0 Å². The van der Waals surface area contributed by atoms with Gasteiger partial charge in [0.1, 0.15) is 0 Å². The summed E-state index contributed by atoms with van der Waals surface area (Å²) in [5.41, 5.74) is 0. The topological polar surface area (TPSA) is 0 Å². The Hall–Kier alpha value is 0.740. The van der Waals surface area contributed by atoms with Gasteiger partial charge in [0, 0.05) is 29.6 Å². The predicted molar refractivity (Wildman–Crippen MR) is 40.1 cm³/mol. The maximum Gasteiger partial charge on any atom is 0 e. The molecule has 1 heteroatoms. The minimum atomic E-state index is 0. The van der Waals surface area contributed by atoms with Crippen LogP contribution in [0.5, 0.6) is 0 Å². The summed E-state index contributed by atoms with van der Waals surface area (Å²) < 4.78 is 0. The van der Waals surface area contributed by atoms with Crippen molar-refractivity contribution in [3.63, 3.8) is 0 Å². The maximum atomic E-state index is 3.63. The molecular weight excluding hydrogens is 107 g/mol. The summed E-state index contributed by atoms with van der Waals surface area (Å²) in [7, 11) is 0. The number of rotatable bonds is 4. The number of hydrogen-bond donors (Lipinski definition) is 0. The van der Waals surface area contributed by atoms with Crippen LogP contribution in [0.4, 0.5) is 0 Å². The van der Waals surface area contributed by atoms with Crippen LogP contribution in [0.3, 0.4) is 0 Å². The summed E-state index contributed by atoms with van der Waals surface area (Å²) >= 11 is 0. The monoisotopic (exact) mass is 121 g/mol. The molecule has 0 aliphatic heterocycles. The van der Waals surface area contributed by atoms with Crippen LogP contribution in [-0.4, -0.2) is 29.6 Å². The van der Waals surface area contributed by atoms with Gasteiger partial charge in [-0.3, -0.25) is 0 Å². The second kappa shape index (κ2) is 10.7.